The van der Waals surface area contributed by atoms with Gasteiger partial charge in [0, 0.05) is 27.2 Å². The normalized spacial score (nSPS) is 23.6. The number of fused-ring (bicyclic) bond motifs is 2. The maximum Gasteiger partial charge on any atom is 0.416 e. The number of ether oxygens (including phenoxy) is 1. The van der Waals surface area contributed by atoms with E-state index in [0.29, 0.717) is 12.5 Å². The molecule has 0 aromatic carbocycles. The molecule has 2 rings (SSSR count). The molecule has 2 fully saturated rings. The highest BCUT2D eigenvalue weighted by molar-refractivity contribution is 5.99. The minimum Gasteiger partial charge on any atom is -0.449 e. The highest BCUT2D eigenvalue weighted by atomic mass is 16.6. The molecular formula is C21H38N4O3. The Labute approximate surface area is 169 Å². The van der Waals surface area contributed by atoms with Gasteiger partial charge in [-0.15, -0.1) is 0 Å². The van der Waals surface area contributed by atoms with Crippen LogP contribution in [0.2, 0.25) is 0 Å². The monoisotopic (exact) mass is 394 g/mol. The van der Waals surface area contributed by atoms with Crippen molar-refractivity contribution in [3.63, 3.8) is 0 Å². The van der Waals surface area contributed by atoms with Gasteiger partial charge in [0.1, 0.15) is 0 Å². The van der Waals surface area contributed by atoms with Crippen molar-refractivity contribution in [3.05, 3.63) is 0 Å². The fourth-order valence-corrected chi connectivity index (χ4v) is 4.40. The van der Waals surface area contributed by atoms with Crippen molar-refractivity contribution in [2.75, 3.05) is 27.7 Å². The number of nitrogens with one attached hydrogen (secondary N) is 1. The topological polar surface area (TPSA) is 74.2 Å². The van der Waals surface area contributed by atoms with E-state index in [1.165, 1.54) is 49.8 Å². The molecule has 2 bridgehead atoms. The van der Waals surface area contributed by atoms with Gasteiger partial charge in [-0.2, -0.15) is 4.99 Å². The molecule has 0 radical (unpaired) electrons. The largest absolute Gasteiger partial charge is 0.449 e. The molecule has 0 aromatic heterocycles. The number of urea groups is 1. The number of nitrogens with zero attached hydrogens (tertiary/aromatic N) is 3. The fraction of sp³-hybridized carbons (Fsp3) is 0.857. The molecule has 7 heteroatoms. The van der Waals surface area contributed by atoms with Gasteiger partial charge in [0.05, 0.1) is 6.61 Å². The minimum absolute atomic E-state index is 0.225. The van der Waals surface area contributed by atoms with E-state index in [1.54, 1.807) is 26.0 Å². The molecule has 7 nitrogen and oxygen atoms in total. The molecule has 2 aliphatic carbocycles. The maximum atomic E-state index is 12.4. The van der Waals surface area contributed by atoms with Crippen LogP contribution in [0.3, 0.4) is 0 Å². The lowest BCUT2D eigenvalue weighted by molar-refractivity contribution is 0.123. The molecule has 3 atom stereocenters. The van der Waals surface area contributed by atoms with Crippen molar-refractivity contribution >= 4 is 18.1 Å². The number of guanidine groups is 1. The number of amides is 3. The Morgan fingerprint density at radius 1 is 1.04 bits per heavy atom. The molecule has 1 N–H and O–H groups in total. The Morgan fingerprint density at radius 2 is 1.75 bits per heavy atom. The van der Waals surface area contributed by atoms with Crippen LogP contribution in [0.1, 0.15) is 71.1 Å². The molecular weight excluding hydrogens is 356 g/mol. The van der Waals surface area contributed by atoms with Gasteiger partial charge in [0.2, 0.25) is 5.96 Å². The van der Waals surface area contributed by atoms with Crippen LogP contribution in [0, 0.1) is 11.8 Å². The summed E-state index contributed by atoms with van der Waals surface area (Å²) in [5.41, 5.74) is 0. The zero-order valence-corrected chi connectivity index (χ0v) is 18.1. The molecule has 0 aliphatic heterocycles. The third-order valence-corrected chi connectivity index (χ3v) is 5.95. The molecule has 160 valence electrons. The highest BCUT2D eigenvalue weighted by Crippen LogP contribution is 2.44. The molecule has 0 aromatic rings. The van der Waals surface area contributed by atoms with Gasteiger partial charge >= 0.3 is 12.1 Å². The summed E-state index contributed by atoms with van der Waals surface area (Å²) in [6, 6.07) is -0.153. The second-order valence-corrected chi connectivity index (χ2v) is 8.48. The van der Waals surface area contributed by atoms with Gasteiger partial charge in [-0.05, 0) is 37.5 Å². The van der Waals surface area contributed by atoms with Crippen LogP contribution in [0.15, 0.2) is 4.99 Å². The first-order valence-electron chi connectivity index (χ1n) is 10.9. The van der Waals surface area contributed by atoms with E-state index < -0.39 is 6.09 Å². The first kappa shape index (κ1) is 22.5. The molecule has 2 saturated carbocycles. The SMILES string of the molecule is CCCCCCCCOC(=O)N(C)/C(=N/C(=O)NC1CC2CCC1C2)N(C)C. The summed E-state index contributed by atoms with van der Waals surface area (Å²) in [5, 5.41) is 3.03. The lowest BCUT2D eigenvalue weighted by Crippen LogP contribution is -2.44. The summed E-state index contributed by atoms with van der Waals surface area (Å²) in [5.74, 6) is 1.63. The van der Waals surface area contributed by atoms with E-state index in [0.717, 1.165) is 25.2 Å². The first-order valence-corrected chi connectivity index (χ1v) is 10.9. The molecule has 3 amide bonds. The van der Waals surface area contributed by atoms with Crippen molar-refractivity contribution in [1.82, 2.24) is 15.1 Å². The van der Waals surface area contributed by atoms with Crippen LogP contribution in [-0.4, -0.2) is 61.7 Å². The van der Waals surface area contributed by atoms with Crippen molar-refractivity contribution in [3.8, 4) is 0 Å². The Kier molecular flexibility index (Phi) is 9.06. The molecule has 0 spiro atoms. The van der Waals surface area contributed by atoms with Gasteiger partial charge in [0.15, 0.2) is 0 Å². The van der Waals surface area contributed by atoms with Crippen LogP contribution < -0.4 is 5.32 Å². The van der Waals surface area contributed by atoms with Crippen LogP contribution in [0.5, 0.6) is 0 Å². The number of aliphatic imine (C=N–C) groups is 1. The summed E-state index contributed by atoms with van der Waals surface area (Å²) in [6.45, 7) is 2.59. The van der Waals surface area contributed by atoms with E-state index in [9.17, 15) is 9.59 Å². The lowest BCUT2D eigenvalue weighted by Gasteiger charge is -2.25. The van der Waals surface area contributed by atoms with Crippen molar-refractivity contribution in [2.45, 2.75) is 77.2 Å². The molecule has 0 heterocycles. The van der Waals surface area contributed by atoms with Crippen molar-refractivity contribution in [2.24, 2.45) is 16.8 Å². The second kappa shape index (κ2) is 11.3. The molecule has 2 aliphatic rings. The van der Waals surface area contributed by atoms with Gasteiger partial charge in [0.25, 0.3) is 0 Å². The standard InChI is InChI=1S/C21H38N4O3/c1-5-6-7-8-9-10-13-28-21(27)25(4)20(24(2)3)23-19(26)22-18-15-16-11-12-17(18)14-16/h16-18H,5-15H2,1-4H3,(H,22,26)/b23-20+. The maximum absolute atomic E-state index is 12.4. The predicted molar refractivity (Wildman–Crippen MR) is 111 cm³/mol. The molecule has 28 heavy (non-hydrogen) atoms. The van der Waals surface area contributed by atoms with E-state index in [1.807, 2.05) is 0 Å². The smallest absolute Gasteiger partial charge is 0.416 e. The third-order valence-electron chi connectivity index (χ3n) is 5.95. The summed E-state index contributed by atoms with van der Waals surface area (Å²) >= 11 is 0. The Hall–Kier alpha value is -1.79. The Morgan fingerprint density at radius 3 is 2.36 bits per heavy atom. The number of carbonyl (C=O) groups excluding carboxylic acids is 2. The zero-order valence-electron chi connectivity index (χ0n) is 18.1. The number of carbonyl (C=O) groups is 2. The number of unbranched alkanes of at least 4 members (excludes halogenated alkanes) is 5. The summed E-state index contributed by atoms with van der Waals surface area (Å²) in [7, 11) is 5.12. The first-order chi connectivity index (χ1) is 13.4. The summed E-state index contributed by atoms with van der Waals surface area (Å²) in [4.78, 5) is 31.8. The zero-order chi connectivity index (χ0) is 20.5. The summed E-state index contributed by atoms with van der Waals surface area (Å²) < 4.78 is 5.34. The minimum atomic E-state index is -0.478. The second-order valence-electron chi connectivity index (χ2n) is 8.48. The number of hydrogen-bond donors (Lipinski definition) is 1. The third kappa shape index (κ3) is 6.67. The summed E-state index contributed by atoms with van der Waals surface area (Å²) in [6.07, 6.45) is 11.1. The van der Waals surface area contributed by atoms with Crippen LogP contribution in [-0.2, 0) is 4.74 Å². The number of rotatable bonds is 8. The van der Waals surface area contributed by atoms with Gasteiger partial charge in [-0.1, -0.05) is 45.4 Å². The highest BCUT2D eigenvalue weighted by Gasteiger charge is 2.40. The van der Waals surface area contributed by atoms with Crippen molar-refractivity contribution in [1.29, 1.82) is 0 Å². The number of hydrogen-bond acceptors (Lipinski definition) is 3. The van der Waals surface area contributed by atoms with Crippen LogP contribution in [0.4, 0.5) is 9.59 Å². The van der Waals surface area contributed by atoms with Crippen LogP contribution >= 0.6 is 0 Å². The lowest BCUT2D eigenvalue weighted by atomic mass is 9.95. The average molecular weight is 395 g/mol. The fourth-order valence-electron chi connectivity index (χ4n) is 4.40. The van der Waals surface area contributed by atoms with Crippen LogP contribution in [0.25, 0.3) is 0 Å². The molecule has 3 unspecified atom stereocenters. The van der Waals surface area contributed by atoms with E-state index >= 15 is 0 Å². The molecule has 0 saturated heterocycles. The quantitative estimate of drug-likeness (QED) is 0.380. The van der Waals surface area contributed by atoms with Gasteiger partial charge in [-0.3, -0.25) is 4.90 Å². The Balaban J connectivity index is 1.77. The van der Waals surface area contributed by atoms with Gasteiger partial charge < -0.3 is 15.0 Å². The van der Waals surface area contributed by atoms with E-state index in [4.69, 9.17) is 4.74 Å². The van der Waals surface area contributed by atoms with Gasteiger partial charge in [-0.25, -0.2) is 9.59 Å². The average Bonchev–Trinajstić information content (AvgIpc) is 3.27. The van der Waals surface area contributed by atoms with E-state index in [-0.39, 0.29) is 18.0 Å². The van der Waals surface area contributed by atoms with E-state index in [2.05, 4.69) is 17.2 Å². The Bertz CT molecular complexity index is 550. The van der Waals surface area contributed by atoms with Crippen molar-refractivity contribution < 1.29 is 14.3 Å². The predicted octanol–water partition coefficient (Wildman–Crippen LogP) is 4.23.